The average molecular weight is 397 g/mol. The third-order valence-electron chi connectivity index (χ3n) is 3.32. The number of ether oxygens (including phenoxy) is 1. The first-order valence-corrected chi connectivity index (χ1v) is 8.22. The molecule has 25 heavy (non-hydrogen) atoms. The Bertz CT molecular complexity index is 896. The molecule has 0 bridgehead atoms. The van der Waals surface area contributed by atoms with Crippen molar-refractivity contribution in [1.29, 1.82) is 0 Å². The van der Waals surface area contributed by atoms with Crippen LogP contribution < -0.4 is 10.1 Å². The predicted octanol–water partition coefficient (Wildman–Crippen LogP) is 4.32. The molecule has 0 aliphatic carbocycles. The lowest BCUT2D eigenvalue weighted by molar-refractivity contribution is 0.0728. The van der Waals surface area contributed by atoms with Crippen LogP contribution in [0.15, 0.2) is 77.4 Å². The summed E-state index contributed by atoms with van der Waals surface area (Å²) in [6.45, 7) is 0. The van der Waals surface area contributed by atoms with Crippen molar-refractivity contribution < 1.29 is 14.3 Å². The highest BCUT2D eigenvalue weighted by molar-refractivity contribution is 9.10. The highest BCUT2D eigenvalue weighted by atomic mass is 79.9. The van der Waals surface area contributed by atoms with Crippen LogP contribution in [0.25, 0.3) is 0 Å². The Labute approximate surface area is 152 Å². The minimum atomic E-state index is -0.536. The summed E-state index contributed by atoms with van der Waals surface area (Å²) in [5, 5.41) is 2.79. The van der Waals surface area contributed by atoms with Gasteiger partial charge >= 0.3 is 5.97 Å². The molecule has 0 saturated carbocycles. The second-order valence-electron chi connectivity index (χ2n) is 5.06. The first kappa shape index (κ1) is 16.9. The van der Waals surface area contributed by atoms with Crippen LogP contribution in [0.4, 0.5) is 5.69 Å². The standard InChI is InChI=1S/C19H13BrN2O3/c20-16-6-2-1-5-15(16)18(23)22-13-8-10-14(11-9-13)25-19(24)17-7-3-4-12-21-17/h1-12H,(H,22,23). The highest BCUT2D eigenvalue weighted by Crippen LogP contribution is 2.20. The molecule has 0 atom stereocenters. The maximum absolute atomic E-state index is 12.2. The fourth-order valence-electron chi connectivity index (χ4n) is 2.09. The average Bonchev–Trinajstić information content (AvgIpc) is 2.64. The summed E-state index contributed by atoms with van der Waals surface area (Å²) in [6, 6.07) is 18.7. The van der Waals surface area contributed by atoms with Crippen LogP contribution in [-0.4, -0.2) is 16.9 Å². The molecule has 0 spiro atoms. The number of hydrogen-bond acceptors (Lipinski definition) is 4. The molecule has 0 saturated heterocycles. The summed E-state index contributed by atoms with van der Waals surface area (Å²) in [5.74, 6) is -0.397. The van der Waals surface area contributed by atoms with Crippen LogP contribution in [-0.2, 0) is 0 Å². The molecule has 2 aromatic carbocycles. The van der Waals surface area contributed by atoms with E-state index in [1.807, 2.05) is 6.07 Å². The van der Waals surface area contributed by atoms with Crippen molar-refractivity contribution in [3.05, 3.63) is 88.7 Å². The van der Waals surface area contributed by atoms with Gasteiger partial charge in [0.1, 0.15) is 11.4 Å². The van der Waals surface area contributed by atoms with Crippen molar-refractivity contribution in [1.82, 2.24) is 4.98 Å². The monoisotopic (exact) mass is 396 g/mol. The number of carbonyl (C=O) groups excluding carboxylic acids is 2. The van der Waals surface area contributed by atoms with Crippen molar-refractivity contribution in [2.45, 2.75) is 0 Å². The fraction of sp³-hybridized carbons (Fsp3) is 0. The molecular formula is C19H13BrN2O3. The van der Waals surface area contributed by atoms with Crippen LogP contribution in [0, 0.1) is 0 Å². The maximum atomic E-state index is 12.2. The Kier molecular flexibility index (Phi) is 5.20. The van der Waals surface area contributed by atoms with Gasteiger partial charge in [0, 0.05) is 16.4 Å². The highest BCUT2D eigenvalue weighted by Gasteiger charge is 2.11. The normalized spacial score (nSPS) is 10.1. The van der Waals surface area contributed by atoms with Gasteiger partial charge in [-0.15, -0.1) is 0 Å². The van der Waals surface area contributed by atoms with E-state index in [1.54, 1.807) is 60.7 Å². The molecule has 3 aromatic rings. The fourth-order valence-corrected chi connectivity index (χ4v) is 2.56. The summed E-state index contributed by atoms with van der Waals surface area (Å²) >= 11 is 3.35. The minimum absolute atomic E-state index is 0.230. The number of amides is 1. The van der Waals surface area contributed by atoms with Crippen LogP contribution in [0.5, 0.6) is 5.75 Å². The number of nitrogens with zero attached hydrogens (tertiary/aromatic N) is 1. The van der Waals surface area contributed by atoms with E-state index in [9.17, 15) is 9.59 Å². The van der Waals surface area contributed by atoms with Gasteiger partial charge in [-0.3, -0.25) is 4.79 Å². The number of rotatable bonds is 4. The zero-order valence-corrected chi connectivity index (χ0v) is 14.6. The summed E-state index contributed by atoms with van der Waals surface area (Å²) in [7, 11) is 0. The zero-order valence-electron chi connectivity index (χ0n) is 13.0. The molecule has 1 aromatic heterocycles. The van der Waals surface area contributed by atoms with Crippen molar-refractivity contribution in [3.63, 3.8) is 0 Å². The van der Waals surface area contributed by atoms with Crippen LogP contribution in [0.1, 0.15) is 20.8 Å². The predicted molar refractivity (Wildman–Crippen MR) is 97.7 cm³/mol. The van der Waals surface area contributed by atoms with Gasteiger partial charge in [-0.2, -0.15) is 0 Å². The number of nitrogens with one attached hydrogen (secondary N) is 1. The van der Waals surface area contributed by atoms with Gasteiger partial charge in [0.2, 0.25) is 0 Å². The summed E-state index contributed by atoms with van der Waals surface area (Å²) in [5.41, 5.74) is 1.36. The number of benzene rings is 2. The van der Waals surface area contributed by atoms with Crippen LogP contribution in [0.3, 0.4) is 0 Å². The van der Waals surface area contributed by atoms with E-state index in [0.717, 1.165) is 0 Å². The van der Waals surface area contributed by atoms with Gasteiger partial charge in [-0.1, -0.05) is 18.2 Å². The number of aromatic nitrogens is 1. The zero-order chi connectivity index (χ0) is 17.6. The smallest absolute Gasteiger partial charge is 0.362 e. The summed E-state index contributed by atoms with van der Waals surface area (Å²) in [6.07, 6.45) is 1.52. The summed E-state index contributed by atoms with van der Waals surface area (Å²) < 4.78 is 5.96. The molecule has 0 radical (unpaired) electrons. The number of hydrogen-bond donors (Lipinski definition) is 1. The Morgan fingerprint density at radius 3 is 2.32 bits per heavy atom. The molecule has 3 rings (SSSR count). The number of carbonyl (C=O) groups is 2. The van der Waals surface area contributed by atoms with Gasteiger partial charge in [0.25, 0.3) is 5.91 Å². The Morgan fingerprint density at radius 2 is 1.64 bits per heavy atom. The second kappa shape index (κ2) is 7.72. The number of pyridine rings is 1. The van der Waals surface area contributed by atoms with E-state index in [4.69, 9.17) is 4.74 Å². The molecule has 0 fully saturated rings. The molecule has 6 heteroatoms. The van der Waals surface area contributed by atoms with Gasteiger partial charge in [-0.05, 0) is 64.5 Å². The molecule has 0 aliphatic heterocycles. The molecule has 0 aliphatic rings. The lowest BCUT2D eigenvalue weighted by atomic mass is 10.2. The second-order valence-corrected chi connectivity index (χ2v) is 5.92. The van der Waals surface area contributed by atoms with Crippen molar-refractivity contribution >= 4 is 33.5 Å². The topological polar surface area (TPSA) is 68.3 Å². The van der Waals surface area contributed by atoms with Gasteiger partial charge in [0.15, 0.2) is 0 Å². The van der Waals surface area contributed by atoms with Gasteiger partial charge < -0.3 is 10.1 Å². The van der Waals surface area contributed by atoms with E-state index < -0.39 is 5.97 Å². The first-order valence-electron chi connectivity index (χ1n) is 7.42. The van der Waals surface area contributed by atoms with E-state index in [0.29, 0.717) is 21.5 Å². The number of anilines is 1. The minimum Gasteiger partial charge on any atom is -0.422 e. The molecule has 1 amide bonds. The molecule has 5 nitrogen and oxygen atoms in total. The van der Waals surface area contributed by atoms with Crippen molar-refractivity contribution in [2.75, 3.05) is 5.32 Å². The maximum Gasteiger partial charge on any atom is 0.362 e. The molecule has 124 valence electrons. The largest absolute Gasteiger partial charge is 0.422 e. The Balaban J connectivity index is 1.65. The van der Waals surface area contributed by atoms with E-state index in [1.165, 1.54) is 6.20 Å². The molecular weight excluding hydrogens is 384 g/mol. The SMILES string of the molecule is O=C(Oc1ccc(NC(=O)c2ccccc2Br)cc1)c1ccccn1. The molecule has 1 N–H and O–H groups in total. The molecule has 0 unspecified atom stereocenters. The van der Waals surface area contributed by atoms with E-state index in [2.05, 4.69) is 26.2 Å². The van der Waals surface area contributed by atoms with E-state index in [-0.39, 0.29) is 11.6 Å². The van der Waals surface area contributed by atoms with Crippen molar-refractivity contribution in [3.8, 4) is 5.75 Å². The quantitative estimate of drug-likeness (QED) is 0.526. The van der Waals surface area contributed by atoms with Crippen molar-refractivity contribution in [2.24, 2.45) is 0 Å². The number of halogens is 1. The van der Waals surface area contributed by atoms with Gasteiger partial charge in [0.05, 0.1) is 5.56 Å². The first-order chi connectivity index (χ1) is 12.1. The van der Waals surface area contributed by atoms with E-state index >= 15 is 0 Å². The summed E-state index contributed by atoms with van der Waals surface area (Å²) in [4.78, 5) is 28.1. The Hall–Kier alpha value is -2.99. The molecule has 1 heterocycles. The number of esters is 1. The van der Waals surface area contributed by atoms with Crippen LogP contribution in [0.2, 0.25) is 0 Å². The van der Waals surface area contributed by atoms with Crippen LogP contribution >= 0.6 is 15.9 Å². The third kappa shape index (κ3) is 4.30. The lowest BCUT2D eigenvalue weighted by Crippen LogP contribution is -2.13. The Morgan fingerprint density at radius 1 is 0.920 bits per heavy atom. The third-order valence-corrected chi connectivity index (χ3v) is 4.01. The lowest BCUT2D eigenvalue weighted by Gasteiger charge is -2.08. The van der Waals surface area contributed by atoms with Gasteiger partial charge in [-0.25, -0.2) is 9.78 Å².